The highest BCUT2D eigenvalue weighted by molar-refractivity contribution is 9.10. The molecule has 4 saturated carbocycles. The zero-order valence-corrected chi connectivity index (χ0v) is 10.6. The topological polar surface area (TPSA) is 37.3 Å². The summed E-state index contributed by atoms with van der Waals surface area (Å²) in [6.45, 7) is 2.28. The molecule has 4 unspecified atom stereocenters. The van der Waals surface area contributed by atoms with Gasteiger partial charge in [0.2, 0.25) is 0 Å². The Morgan fingerprint density at radius 1 is 1.27 bits per heavy atom. The number of aliphatic carboxylic acids is 1. The third kappa shape index (κ3) is 1.31. The monoisotopic (exact) mass is 272 g/mol. The SMILES string of the molecule is CC12CC3CC(Br)(C1)CC(C(=O)O)(C3)C2. The number of carboxylic acids is 1. The van der Waals surface area contributed by atoms with Crippen molar-refractivity contribution in [1.29, 1.82) is 0 Å². The first-order chi connectivity index (χ1) is 6.85. The molecule has 4 rings (SSSR count). The summed E-state index contributed by atoms with van der Waals surface area (Å²) in [4.78, 5) is 11.5. The Hall–Kier alpha value is -0.0500. The molecule has 4 aliphatic rings. The Labute approximate surface area is 98.6 Å². The first-order valence-electron chi connectivity index (χ1n) is 5.77. The molecule has 3 heteroatoms. The second-order valence-corrected chi connectivity index (χ2v) is 8.24. The molecule has 4 bridgehead atoms. The van der Waals surface area contributed by atoms with Crippen molar-refractivity contribution in [1.82, 2.24) is 0 Å². The first-order valence-corrected chi connectivity index (χ1v) is 6.57. The van der Waals surface area contributed by atoms with E-state index in [1.54, 1.807) is 0 Å². The summed E-state index contributed by atoms with van der Waals surface area (Å²) >= 11 is 3.83. The molecule has 1 N–H and O–H groups in total. The second-order valence-electron chi connectivity index (χ2n) is 6.56. The Morgan fingerprint density at radius 3 is 2.53 bits per heavy atom. The van der Waals surface area contributed by atoms with Gasteiger partial charge < -0.3 is 5.11 Å². The fraction of sp³-hybridized carbons (Fsp3) is 0.917. The Bertz CT molecular complexity index is 321. The lowest BCUT2D eigenvalue weighted by atomic mass is 9.44. The molecule has 0 aromatic rings. The van der Waals surface area contributed by atoms with Crippen LogP contribution in [0.15, 0.2) is 0 Å². The van der Waals surface area contributed by atoms with Crippen molar-refractivity contribution in [3.63, 3.8) is 0 Å². The van der Waals surface area contributed by atoms with Crippen LogP contribution in [0.3, 0.4) is 0 Å². The van der Waals surface area contributed by atoms with Crippen LogP contribution < -0.4 is 0 Å². The standard InChI is InChI=1S/C12H17BrO2/c1-10-2-8-3-11(5-10,9(14)15)7-12(13,4-8)6-10/h8H,2-7H2,1H3,(H,14,15). The van der Waals surface area contributed by atoms with Crippen LogP contribution in [0.2, 0.25) is 0 Å². The van der Waals surface area contributed by atoms with E-state index in [0.717, 1.165) is 19.3 Å². The van der Waals surface area contributed by atoms with Gasteiger partial charge >= 0.3 is 5.97 Å². The van der Waals surface area contributed by atoms with Gasteiger partial charge in [-0.2, -0.15) is 0 Å². The largest absolute Gasteiger partial charge is 0.481 e. The first kappa shape index (κ1) is 10.1. The molecular weight excluding hydrogens is 256 g/mol. The van der Waals surface area contributed by atoms with Gasteiger partial charge in [-0.25, -0.2) is 0 Å². The molecule has 0 heterocycles. The smallest absolute Gasteiger partial charge is 0.309 e. The molecule has 15 heavy (non-hydrogen) atoms. The van der Waals surface area contributed by atoms with Crippen LogP contribution >= 0.6 is 15.9 Å². The van der Waals surface area contributed by atoms with Crippen LogP contribution in [0.1, 0.15) is 45.4 Å². The lowest BCUT2D eigenvalue weighted by Crippen LogP contribution is -2.59. The number of carbonyl (C=O) groups is 1. The maximum atomic E-state index is 11.5. The van der Waals surface area contributed by atoms with Crippen molar-refractivity contribution in [2.24, 2.45) is 16.7 Å². The van der Waals surface area contributed by atoms with E-state index in [1.807, 2.05) is 0 Å². The Kier molecular flexibility index (Phi) is 1.76. The van der Waals surface area contributed by atoms with E-state index in [1.165, 1.54) is 19.3 Å². The molecule has 0 aromatic heterocycles. The molecule has 84 valence electrons. The van der Waals surface area contributed by atoms with E-state index in [2.05, 4.69) is 22.9 Å². The predicted molar refractivity (Wildman–Crippen MR) is 61.0 cm³/mol. The normalized spacial score (nSPS) is 57.1. The van der Waals surface area contributed by atoms with Crippen LogP contribution in [-0.2, 0) is 4.79 Å². The molecule has 0 aliphatic heterocycles. The van der Waals surface area contributed by atoms with Crippen molar-refractivity contribution in [2.45, 2.75) is 49.8 Å². The molecule has 0 radical (unpaired) electrons. The van der Waals surface area contributed by atoms with E-state index in [9.17, 15) is 9.90 Å². The van der Waals surface area contributed by atoms with E-state index in [0.29, 0.717) is 5.92 Å². The van der Waals surface area contributed by atoms with Crippen LogP contribution in [0.4, 0.5) is 0 Å². The minimum Gasteiger partial charge on any atom is -0.481 e. The van der Waals surface area contributed by atoms with Crippen LogP contribution in [0.5, 0.6) is 0 Å². The molecule has 4 aliphatic carbocycles. The van der Waals surface area contributed by atoms with Gasteiger partial charge in [-0.3, -0.25) is 4.79 Å². The van der Waals surface area contributed by atoms with Gasteiger partial charge in [-0.05, 0) is 49.9 Å². The van der Waals surface area contributed by atoms with E-state index >= 15 is 0 Å². The third-order valence-electron chi connectivity index (χ3n) is 4.73. The lowest BCUT2D eigenvalue weighted by Gasteiger charge is -2.62. The van der Waals surface area contributed by atoms with Gasteiger partial charge in [0.15, 0.2) is 0 Å². The summed E-state index contributed by atoms with van der Waals surface area (Å²) in [6, 6.07) is 0. The van der Waals surface area contributed by atoms with Crippen molar-refractivity contribution >= 4 is 21.9 Å². The summed E-state index contributed by atoms with van der Waals surface area (Å²) < 4.78 is 0.138. The van der Waals surface area contributed by atoms with Gasteiger partial charge in [0.25, 0.3) is 0 Å². The number of alkyl halides is 1. The van der Waals surface area contributed by atoms with Gasteiger partial charge in [0, 0.05) is 4.32 Å². The molecule has 0 spiro atoms. The van der Waals surface area contributed by atoms with E-state index < -0.39 is 11.4 Å². The Balaban J connectivity index is 2.05. The highest BCUT2D eigenvalue weighted by Gasteiger charge is 2.63. The Morgan fingerprint density at radius 2 is 2.00 bits per heavy atom. The number of hydrogen-bond acceptors (Lipinski definition) is 1. The summed E-state index contributed by atoms with van der Waals surface area (Å²) in [5.41, 5.74) is -0.126. The molecule has 0 aromatic carbocycles. The molecular formula is C12H17BrO2. The fourth-order valence-electron chi connectivity index (χ4n) is 5.03. The van der Waals surface area contributed by atoms with Gasteiger partial charge in [0.05, 0.1) is 5.41 Å². The summed E-state index contributed by atoms with van der Waals surface area (Å²) in [6.07, 6.45) is 6.28. The van der Waals surface area contributed by atoms with Crippen LogP contribution in [0.25, 0.3) is 0 Å². The molecule has 0 saturated heterocycles. The third-order valence-corrected chi connectivity index (χ3v) is 5.62. The fourth-order valence-corrected chi connectivity index (χ4v) is 6.70. The summed E-state index contributed by atoms with van der Waals surface area (Å²) in [5.74, 6) is 0.0865. The van der Waals surface area contributed by atoms with Crippen LogP contribution in [-0.4, -0.2) is 15.4 Å². The van der Waals surface area contributed by atoms with Gasteiger partial charge in [0.1, 0.15) is 0 Å². The maximum absolute atomic E-state index is 11.5. The summed E-state index contributed by atoms with van der Waals surface area (Å²) in [7, 11) is 0. The minimum absolute atomic E-state index is 0.138. The maximum Gasteiger partial charge on any atom is 0.309 e. The summed E-state index contributed by atoms with van der Waals surface area (Å²) in [5, 5.41) is 9.49. The highest BCUT2D eigenvalue weighted by Crippen LogP contribution is 2.68. The second kappa shape index (κ2) is 2.61. The minimum atomic E-state index is -0.554. The molecule has 2 nitrogen and oxygen atoms in total. The lowest BCUT2D eigenvalue weighted by molar-refractivity contribution is -0.169. The van der Waals surface area contributed by atoms with E-state index in [4.69, 9.17) is 0 Å². The molecule has 0 amide bonds. The molecule has 4 atom stereocenters. The van der Waals surface area contributed by atoms with Crippen LogP contribution in [0, 0.1) is 16.7 Å². The van der Waals surface area contributed by atoms with Crippen molar-refractivity contribution in [3.8, 4) is 0 Å². The van der Waals surface area contributed by atoms with Crippen molar-refractivity contribution in [3.05, 3.63) is 0 Å². The van der Waals surface area contributed by atoms with Gasteiger partial charge in [-0.15, -0.1) is 0 Å². The van der Waals surface area contributed by atoms with Crippen molar-refractivity contribution in [2.75, 3.05) is 0 Å². The number of rotatable bonds is 1. The quantitative estimate of drug-likeness (QED) is 0.745. The predicted octanol–water partition coefficient (Wildman–Crippen LogP) is 3.20. The number of carboxylic acid groups (broad SMARTS) is 1. The number of halogens is 1. The van der Waals surface area contributed by atoms with E-state index in [-0.39, 0.29) is 9.74 Å². The number of hydrogen-bond donors (Lipinski definition) is 1. The zero-order chi connectivity index (χ0) is 10.9. The molecule has 4 fully saturated rings. The van der Waals surface area contributed by atoms with Gasteiger partial charge in [-0.1, -0.05) is 22.9 Å². The average Bonchev–Trinajstić information content (AvgIpc) is 1.95. The zero-order valence-electron chi connectivity index (χ0n) is 9.05. The average molecular weight is 273 g/mol. The van der Waals surface area contributed by atoms with Crippen molar-refractivity contribution < 1.29 is 9.90 Å². The highest BCUT2D eigenvalue weighted by atomic mass is 79.9.